The number of carbonyl (C=O) groups excluding carboxylic acids is 2. The van der Waals surface area contributed by atoms with E-state index in [1.165, 1.54) is 0 Å². The van der Waals surface area contributed by atoms with Crippen LogP contribution in [-0.2, 0) is 10.2 Å². The second-order valence-corrected chi connectivity index (χ2v) is 9.48. The highest BCUT2D eigenvalue weighted by molar-refractivity contribution is 6.00. The van der Waals surface area contributed by atoms with Gasteiger partial charge in [0.1, 0.15) is 11.5 Å². The van der Waals surface area contributed by atoms with Crippen molar-refractivity contribution in [1.29, 1.82) is 0 Å². The average Bonchev–Trinajstić information content (AvgIpc) is 3.01. The molecule has 0 radical (unpaired) electrons. The summed E-state index contributed by atoms with van der Waals surface area (Å²) in [5, 5.41) is 9.83. The molecule has 4 aliphatic rings. The smallest absolute Gasteiger partial charge is 0.163 e. The molecule has 3 saturated carbocycles. The number of carbonyl (C=O) groups is 2. The van der Waals surface area contributed by atoms with E-state index >= 15 is 0 Å². The lowest BCUT2D eigenvalue weighted by Crippen LogP contribution is -2.55. The highest BCUT2D eigenvalue weighted by atomic mass is 16.3. The highest BCUT2D eigenvalue weighted by Gasteiger charge is 2.70. The lowest BCUT2D eigenvalue weighted by Gasteiger charge is -2.56. The largest absolute Gasteiger partial charge is 0.508 e. The molecule has 132 valence electrons. The number of phenolic OH excluding ortho intramolecular Hbond substituents is 1. The molecule has 1 N–H and O–H groups in total. The Labute approximate surface area is 148 Å². The van der Waals surface area contributed by atoms with Gasteiger partial charge in [0, 0.05) is 23.8 Å². The van der Waals surface area contributed by atoms with E-state index in [0.29, 0.717) is 23.7 Å². The number of fused-ring (bicyclic) bond motifs is 4. The summed E-state index contributed by atoms with van der Waals surface area (Å²) in [7, 11) is 0. The first kappa shape index (κ1) is 15.6. The first-order chi connectivity index (χ1) is 11.8. The first-order valence-electron chi connectivity index (χ1n) is 9.72. The van der Waals surface area contributed by atoms with E-state index in [-0.39, 0.29) is 33.7 Å². The Kier molecular flexibility index (Phi) is 2.84. The fraction of sp³-hybridized carbons (Fsp3) is 0.636. The van der Waals surface area contributed by atoms with Crippen LogP contribution >= 0.6 is 0 Å². The van der Waals surface area contributed by atoms with E-state index in [1.54, 1.807) is 12.1 Å². The van der Waals surface area contributed by atoms with Gasteiger partial charge in [-0.05, 0) is 72.5 Å². The van der Waals surface area contributed by atoms with Crippen molar-refractivity contribution < 1.29 is 14.7 Å². The van der Waals surface area contributed by atoms with E-state index in [2.05, 4.69) is 13.8 Å². The van der Waals surface area contributed by atoms with Gasteiger partial charge in [0.25, 0.3) is 0 Å². The van der Waals surface area contributed by atoms with Crippen LogP contribution in [0.25, 0.3) is 0 Å². The van der Waals surface area contributed by atoms with Crippen LogP contribution in [0.1, 0.15) is 74.7 Å². The topological polar surface area (TPSA) is 54.4 Å². The van der Waals surface area contributed by atoms with Crippen molar-refractivity contribution in [2.75, 3.05) is 0 Å². The second kappa shape index (κ2) is 4.55. The third-order valence-electron chi connectivity index (χ3n) is 8.79. The fourth-order valence-corrected chi connectivity index (χ4v) is 7.43. The third kappa shape index (κ3) is 1.63. The van der Waals surface area contributed by atoms with Crippen molar-refractivity contribution >= 4 is 11.6 Å². The van der Waals surface area contributed by atoms with E-state index in [4.69, 9.17) is 0 Å². The molecule has 5 atom stereocenters. The van der Waals surface area contributed by atoms with Crippen LogP contribution in [0.3, 0.4) is 0 Å². The number of hydrogen-bond donors (Lipinski definition) is 1. The maximum absolute atomic E-state index is 13.0. The third-order valence-corrected chi connectivity index (χ3v) is 8.79. The predicted molar refractivity (Wildman–Crippen MR) is 94.6 cm³/mol. The molecule has 0 bridgehead atoms. The minimum absolute atomic E-state index is 0.0546. The molecule has 0 saturated heterocycles. The molecule has 3 fully saturated rings. The van der Waals surface area contributed by atoms with Gasteiger partial charge in [-0.1, -0.05) is 19.9 Å². The molecule has 1 spiro atoms. The second-order valence-electron chi connectivity index (χ2n) is 9.48. The zero-order valence-corrected chi connectivity index (χ0v) is 15.1. The van der Waals surface area contributed by atoms with Crippen LogP contribution < -0.4 is 0 Å². The van der Waals surface area contributed by atoms with Gasteiger partial charge in [0.15, 0.2) is 5.78 Å². The van der Waals surface area contributed by atoms with E-state index in [0.717, 1.165) is 44.1 Å². The lowest BCUT2D eigenvalue weighted by atomic mass is 9.46. The van der Waals surface area contributed by atoms with Gasteiger partial charge in [0.05, 0.1) is 0 Å². The molecule has 2 unspecified atom stereocenters. The van der Waals surface area contributed by atoms with Crippen LogP contribution in [-0.4, -0.2) is 16.7 Å². The minimum atomic E-state index is -0.175. The maximum atomic E-state index is 13.0. The number of rotatable bonds is 0. The molecule has 3 heteroatoms. The van der Waals surface area contributed by atoms with E-state index in [9.17, 15) is 14.7 Å². The SMILES string of the molecule is C[C@]12CCC(=O)[C@]13CC[C@]1(C)c4ccc(O)cc4C(=O)CC1C3CC2. The molecule has 1 aromatic rings. The highest BCUT2D eigenvalue weighted by Crippen LogP contribution is 2.73. The summed E-state index contributed by atoms with van der Waals surface area (Å²) < 4.78 is 0. The van der Waals surface area contributed by atoms with Crippen molar-refractivity contribution in [3.63, 3.8) is 0 Å². The lowest BCUT2D eigenvalue weighted by molar-refractivity contribution is -0.138. The van der Waals surface area contributed by atoms with Crippen LogP contribution in [0.2, 0.25) is 0 Å². The van der Waals surface area contributed by atoms with Gasteiger partial charge in [-0.3, -0.25) is 9.59 Å². The van der Waals surface area contributed by atoms with Gasteiger partial charge >= 0.3 is 0 Å². The minimum Gasteiger partial charge on any atom is -0.508 e. The quantitative estimate of drug-likeness (QED) is 0.762. The molecule has 5 rings (SSSR count). The average molecular weight is 338 g/mol. The van der Waals surface area contributed by atoms with Crippen molar-refractivity contribution in [3.8, 4) is 5.75 Å². The van der Waals surface area contributed by atoms with Gasteiger partial charge in [0.2, 0.25) is 0 Å². The fourth-order valence-electron chi connectivity index (χ4n) is 7.43. The zero-order chi connectivity index (χ0) is 17.6. The summed E-state index contributed by atoms with van der Waals surface area (Å²) in [4.78, 5) is 25.9. The Bertz CT molecular complexity index is 811. The Morgan fingerprint density at radius 2 is 1.84 bits per heavy atom. The monoisotopic (exact) mass is 338 g/mol. The Balaban J connectivity index is 1.66. The van der Waals surface area contributed by atoms with E-state index in [1.807, 2.05) is 6.07 Å². The van der Waals surface area contributed by atoms with Gasteiger partial charge < -0.3 is 5.11 Å². The Morgan fingerprint density at radius 3 is 2.64 bits per heavy atom. The van der Waals surface area contributed by atoms with E-state index < -0.39 is 0 Å². The van der Waals surface area contributed by atoms with Crippen LogP contribution in [0.4, 0.5) is 0 Å². The summed E-state index contributed by atoms with van der Waals surface area (Å²) in [5.41, 5.74) is 1.72. The van der Waals surface area contributed by atoms with Crippen molar-refractivity contribution in [2.24, 2.45) is 22.7 Å². The molecule has 4 aliphatic carbocycles. The van der Waals surface area contributed by atoms with Crippen LogP contribution in [0.15, 0.2) is 18.2 Å². The summed E-state index contributed by atoms with van der Waals surface area (Å²) >= 11 is 0. The summed E-state index contributed by atoms with van der Waals surface area (Å²) in [6, 6.07) is 5.31. The number of ketones is 2. The summed E-state index contributed by atoms with van der Waals surface area (Å²) in [5.74, 6) is 1.39. The van der Waals surface area contributed by atoms with Crippen molar-refractivity contribution in [1.82, 2.24) is 0 Å². The van der Waals surface area contributed by atoms with Gasteiger partial charge in [-0.2, -0.15) is 0 Å². The predicted octanol–water partition coefficient (Wildman–Crippen LogP) is 4.41. The standard InChI is InChI=1S/C22H26O3/c1-20-7-5-16-17-12-18(24)14-11-13(23)3-4-15(14)21(17,2)9-10-22(16,20)19(25)6-8-20/h3-4,11,16-17,23H,5-10,12H2,1-2H3/t16?,17?,20-,21+,22+/m0/s1. The number of Topliss-reactive ketones (excluding diaryl/α,β-unsaturated/α-hetero) is 2. The molecule has 3 nitrogen and oxygen atoms in total. The first-order valence-corrected chi connectivity index (χ1v) is 9.72. The molecular formula is C22H26O3. The zero-order valence-electron chi connectivity index (χ0n) is 15.1. The molecule has 25 heavy (non-hydrogen) atoms. The summed E-state index contributed by atoms with van der Waals surface area (Å²) in [6.45, 7) is 4.62. The van der Waals surface area contributed by atoms with Gasteiger partial charge in [-0.25, -0.2) is 0 Å². The molecule has 0 aromatic heterocycles. The number of benzene rings is 1. The van der Waals surface area contributed by atoms with Crippen LogP contribution in [0.5, 0.6) is 5.75 Å². The number of phenols is 1. The normalized spacial score (nSPS) is 44.9. The maximum Gasteiger partial charge on any atom is 0.163 e. The number of hydrogen-bond acceptors (Lipinski definition) is 3. The van der Waals surface area contributed by atoms with Crippen LogP contribution in [0, 0.1) is 22.7 Å². The molecule has 0 amide bonds. The molecule has 0 aliphatic heterocycles. The van der Waals surface area contributed by atoms with Crippen molar-refractivity contribution in [2.45, 2.75) is 64.2 Å². The Hall–Kier alpha value is -1.64. The Morgan fingerprint density at radius 1 is 1.04 bits per heavy atom. The van der Waals surface area contributed by atoms with Crippen molar-refractivity contribution in [3.05, 3.63) is 29.3 Å². The summed E-state index contributed by atoms with van der Waals surface area (Å²) in [6.07, 6.45) is 6.45. The molecule has 0 heterocycles. The molecule has 1 aromatic carbocycles. The molecular weight excluding hydrogens is 312 g/mol. The van der Waals surface area contributed by atoms with Gasteiger partial charge in [-0.15, -0.1) is 0 Å². The number of aromatic hydroxyl groups is 1.